The number of carbonyl (C=O) groups is 1. The molecule has 9 heteroatoms. The zero-order chi connectivity index (χ0) is 21.1. The number of non-ortho nitro benzene ring substituents is 1. The molecular formula is C19H23N3O5S. The van der Waals surface area contributed by atoms with E-state index in [1.54, 1.807) is 19.1 Å². The zero-order valence-electron chi connectivity index (χ0n) is 16.2. The van der Waals surface area contributed by atoms with Crippen LogP contribution in [0.25, 0.3) is 0 Å². The maximum atomic E-state index is 12.6. The third-order valence-corrected chi connectivity index (χ3v) is 5.34. The van der Waals surface area contributed by atoms with E-state index in [0.717, 1.165) is 22.2 Å². The number of benzene rings is 2. The van der Waals surface area contributed by atoms with Gasteiger partial charge in [0.05, 0.1) is 16.9 Å². The molecule has 0 fully saturated rings. The van der Waals surface area contributed by atoms with Crippen LogP contribution in [0.2, 0.25) is 0 Å². The van der Waals surface area contributed by atoms with E-state index in [9.17, 15) is 23.3 Å². The Labute approximate surface area is 164 Å². The predicted octanol–water partition coefficient (Wildman–Crippen LogP) is 3.43. The van der Waals surface area contributed by atoms with Gasteiger partial charge >= 0.3 is 0 Å². The van der Waals surface area contributed by atoms with Crippen LogP contribution in [0.3, 0.4) is 0 Å². The van der Waals surface area contributed by atoms with E-state index in [-0.39, 0.29) is 17.3 Å². The molecule has 0 saturated carbocycles. The molecule has 0 aromatic heterocycles. The molecule has 2 aromatic carbocycles. The first-order chi connectivity index (χ1) is 13.0. The van der Waals surface area contributed by atoms with Gasteiger partial charge in [0.15, 0.2) is 0 Å². The highest BCUT2D eigenvalue weighted by atomic mass is 32.2. The van der Waals surface area contributed by atoms with Crippen LogP contribution < -0.4 is 9.62 Å². The molecule has 0 unspecified atom stereocenters. The van der Waals surface area contributed by atoms with Crippen LogP contribution in [0, 0.1) is 17.0 Å². The molecule has 28 heavy (non-hydrogen) atoms. The minimum Gasteiger partial charge on any atom is -0.324 e. The molecule has 0 heterocycles. The van der Waals surface area contributed by atoms with Gasteiger partial charge in [-0.3, -0.25) is 19.2 Å². The Balaban J connectivity index is 2.36. The second-order valence-electron chi connectivity index (χ2n) is 6.79. The molecule has 150 valence electrons. The molecule has 0 aliphatic rings. The zero-order valence-corrected chi connectivity index (χ0v) is 17.0. The molecule has 2 rings (SSSR count). The second kappa shape index (κ2) is 8.39. The van der Waals surface area contributed by atoms with Gasteiger partial charge in [0.1, 0.15) is 6.54 Å². The van der Waals surface area contributed by atoms with Gasteiger partial charge in [0.25, 0.3) is 5.69 Å². The molecule has 1 N–H and O–H groups in total. The second-order valence-corrected chi connectivity index (χ2v) is 8.69. The van der Waals surface area contributed by atoms with Crippen LogP contribution in [0.15, 0.2) is 42.5 Å². The Hall–Kier alpha value is -2.94. The molecule has 0 radical (unpaired) electrons. The van der Waals surface area contributed by atoms with Gasteiger partial charge in [-0.2, -0.15) is 0 Å². The number of hydrogen-bond donors (Lipinski definition) is 1. The normalized spacial score (nSPS) is 11.3. The van der Waals surface area contributed by atoms with Crippen molar-refractivity contribution >= 4 is 33.0 Å². The Morgan fingerprint density at radius 2 is 1.86 bits per heavy atom. The van der Waals surface area contributed by atoms with Crippen molar-refractivity contribution in [2.75, 3.05) is 22.4 Å². The molecule has 8 nitrogen and oxygen atoms in total. The van der Waals surface area contributed by atoms with E-state index in [1.165, 1.54) is 12.1 Å². The molecule has 0 bridgehead atoms. The summed E-state index contributed by atoms with van der Waals surface area (Å²) in [4.78, 5) is 23.0. The van der Waals surface area contributed by atoms with Gasteiger partial charge < -0.3 is 5.32 Å². The average Bonchev–Trinajstić information content (AvgIpc) is 2.59. The molecule has 1 amide bonds. The molecule has 0 saturated heterocycles. The van der Waals surface area contributed by atoms with Crippen molar-refractivity contribution in [1.29, 1.82) is 0 Å². The number of nitrogens with one attached hydrogen (secondary N) is 1. The summed E-state index contributed by atoms with van der Waals surface area (Å²) in [5.74, 6) is -0.369. The number of rotatable bonds is 7. The van der Waals surface area contributed by atoms with Gasteiger partial charge in [-0.1, -0.05) is 38.1 Å². The first-order valence-corrected chi connectivity index (χ1v) is 10.5. The number of aryl methyl sites for hydroxylation is 1. The molecule has 0 aliphatic carbocycles. The number of nitrogens with zero attached hydrogens (tertiary/aromatic N) is 2. The number of nitro groups is 1. The van der Waals surface area contributed by atoms with E-state index in [0.29, 0.717) is 11.3 Å². The Morgan fingerprint density at radius 3 is 2.43 bits per heavy atom. The van der Waals surface area contributed by atoms with Crippen molar-refractivity contribution in [3.63, 3.8) is 0 Å². The van der Waals surface area contributed by atoms with Gasteiger partial charge in [0, 0.05) is 17.8 Å². The number of nitro benzene ring substituents is 1. The molecule has 0 atom stereocenters. The minimum absolute atomic E-state index is 0.101. The van der Waals surface area contributed by atoms with Gasteiger partial charge in [-0.25, -0.2) is 8.42 Å². The van der Waals surface area contributed by atoms with E-state index in [4.69, 9.17) is 0 Å². The monoisotopic (exact) mass is 405 g/mol. The lowest BCUT2D eigenvalue weighted by Crippen LogP contribution is -2.38. The molecule has 0 aliphatic heterocycles. The number of hydrogen-bond acceptors (Lipinski definition) is 5. The summed E-state index contributed by atoms with van der Waals surface area (Å²) in [5, 5.41) is 13.8. The van der Waals surface area contributed by atoms with E-state index < -0.39 is 27.4 Å². The van der Waals surface area contributed by atoms with Crippen molar-refractivity contribution in [1.82, 2.24) is 0 Å². The maximum Gasteiger partial charge on any atom is 0.271 e. The van der Waals surface area contributed by atoms with Gasteiger partial charge in [-0.05, 0) is 30.0 Å². The first kappa shape index (κ1) is 21.4. The molecule has 2 aromatic rings. The quantitative estimate of drug-likeness (QED) is 0.560. The first-order valence-electron chi connectivity index (χ1n) is 8.62. The summed E-state index contributed by atoms with van der Waals surface area (Å²) in [6.45, 7) is 5.11. The van der Waals surface area contributed by atoms with Crippen molar-refractivity contribution < 1.29 is 18.1 Å². The van der Waals surface area contributed by atoms with Crippen molar-refractivity contribution in [3.05, 3.63) is 63.7 Å². The average molecular weight is 405 g/mol. The highest BCUT2D eigenvalue weighted by Crippen LogP contribution is 2.28. The van der Waals surface area contributed by atoms with Crippen LogP contribution in [-0.2, 0) is 14.8 Å². The van der Waals surface area contributed by atoms with Crippen molar-refractivity contribution in [2.45, 2.75) is 26.7 Å². The lowest BCUT2D eigenvalue weighted by molar-refractivity contribution is -0.384. The van der Waals surface area contributed by atoms with Crippen molar-refractivity contribution in [2.24, 2.45) is 0 Å². The van der Waals surface area contributed by atoms with Crippen molar-refractivity contribution in [3.8, 4) is 0 Å². The number of carbonyl (C=O) groups excluding carboxylic acids is 1. The topological polar surface area (TPSA) is 110 Å². The SMILES string of the molecule is Cc1ccc([N+](=O)[O-])cc1N(CC(=O)Nc1ccccc1C(C)C)S(C)(=O)=O. The largest absolute Gasteiger partial charge is 0.324 e. The van der Waals surface area contributed by atoms with Crippen LogP contribution in [0.4, 0.5) is 17.1 Å². The number of anilines is 2. The Morgan fingerprint density at radius 1 is 1.21 bits per heavy atom. The van der Waals surface area contributed by atoms with Crippen LogP contribution in [0.5, 0.6) is 0 Å². The third-order valence-electron chi connectivity index (χ3n) is 4.22. The number of sulfonamides is 1. The smallest absolute Gasteiger partial charge is 0.271 e. The summed E-state index contributed by atoms with van der Waals surface area (Å²) in [7, 11) is -3.85. The summed E-state index contributed by atoms with van der Waals surface area (Å²) in [6.07, 6.45) is 0.959. The fourth-order valence-corrected chi connectivity index (χ4v) is 3.70. The van der Waals surface area contributed by atoms with Gasteiger partial charge in [-0.15, -0.1) is 0 Å². The lowest BCUT2D eigenvalue weighted by Gasteiger charge is -2.24. The van der Waals surface area contributed by atoms with E-state index in [1.807, 2.05) is 26.0 Å². The fraction of sp³-hybridized carbons (Fsp3) is 0.316. The number of amides is 1. The number of para-hydroxylation sites is 1. The van der Waals surface area contributed by atoms with Gasteiger partial charge in [0.2, 0.25) is 15.9 Å². The van der Waals surface area contributed by atoms with E-state index in [2.05, 4.69) is 5.32 Å². The maximum absolute atomic E-state index is 12.6. The third kappa shape index (κ3) is 5.07. The summed E-state index contributed by atoms with van der Waals surface area (Å²) in [5.41, 5.74) is 1.88. The highest BCUT2D eigenvalue weighted by molar-refractivity contribution is 7.92. The summed E-state index contributed by atoms with van der Waals surface area (Å²) in [6, 6.07) is 11.2. The minimum atomic E-state index is -3.85. The van der Waals surface area contributed by atoms with Crippen LogP contribution >= 0.6 is 0 Å². The van der Waals surface area contributed by atoms with E-state index >= 15 is 0 Å². The predicted molar refractivity (Wildman–Crippen MR) is 109 cm³/mol. The summed E-state index contributed by atoms with van der Waals surface area (Å²) >= 11 is 0. The molecule has 0 spiro atoms. The standard InChI is InChI=1S/C19H23N3O5S/c1-13(2)16-7-5-6-8-17(16)20-19(23)12-21(28(4,26)27)18-11-15(22(24)25)10-9-14(18)3/h5-11,13H,12H2,1-4H3,(H,20,23). The summed E-state index contributed by atoms with van der Waals surface area (Å²) < 4.78 is 25.5. The fourth-order valence-electron chi connectivity index (χ4n) is 2.80. The molecular weight excluding hydrogens is 382 g/mol. The lowest BCUT2D eigenvalue weighted by atomic mass is 10.0. The Kier molecular flexibility index (Phi) is 6.40. The van der Waals surface area contributed by atoms with Crippen LogP contribution in [0.1, 0.15) is 30.9 Å². The highest BCUT2D eigenvalue weighted by Gasteiger charge is 2.24. The Bertz CT molecular complexity index is 1000. The van der Waals surface area contributed by atoms with Crippen LogP contribution in [-0.4, -0.2) is 32.0 Å².